The third-order valence-corrected chi connectivity index (χ3v) is 5.73. The molecular weight excluding hydrogens is 348 g/mol. The number of nitrogens with zero attached hydrogens (tertiary/aromatic N) is 2. The maximum absolute atomic E-state index is 12.8. The molecule has 3 rings (SSSR count). The van der Waals surface area contributed by atoms with Crippen molar-refractivity contribution < 1.29 is 14.3 Å². The first-order valence-corrected chi connectivity index (χ1v) is 9.79. The number of carbonyl (C=O) groups is 2. The number of amidine groups is 1. The van der Waals surface area contributed by atoms with Gasteiger partial charge >= 0.3 is 5.97 Å². The molecule has 2 heterocycles. The number of esters is 1. The number of hydrogen-bond acceptors (Lipinski definition) is 5. The summed E-state index contributed by atoms with van der Waals surface area (Å²) in [5.41, 5.74) is 3.16. The first kappa shape index (κ1) is 18.7. The lowest BCUT2D eigenvalue weighted by Gasteiger charge is -2.33. The maximum Gasteiger partial charge on any atom is 0.338 e. The number of ether oxygens (including phenoxy) is 1. The van der Waals surface area contributed by atoms with Crippen molar-refractivity contribution in [3.63, 3.8) is 0 Å². The lowest BCUT2D eigenvalue weighted by Crippen LogP contribution is -2.40. The Labute approximate surface area is 158 Å². The number of benzene rings is 1. The summed E-state index contributed by atoms with van der Waals surface area (Å²) >= 11 is 1.43. The Morgan fingerprint density at radius 3 is 2.54 bits per heavy atom. The van der Waals surface area contributed by atoms with E-state index in [0.717, 1.165) is 5.56 Å². The van der Waals surface area contributed by atoms with Crippen LogP contribution in [0, 0.1) is 0 Å². The molecule has 2 aliphatic heterocycles. The van der Waals surface area contributed by atoms with Crippen LogP contribution in [0.25, 0.3) is 0 Å². The molecule has 6 heteroatoms. The van der Waals surface area contributed by atoms with Crippen LogP contribution >= 0.6 is 11.8 Å². The molecule has 2 aliphatic rings. The Morgan fingerprint density at radius 1 is 1.31 bits per heavy atom. The van der Waals surface area contributed by atoms with Crippen molar-refractivity contribution in [2.75, 3.05) is 6.61 Å². The number of hydrogen-bond donors (Lipinski definition) is 0. The van der Waals surface area contributed by atoms with E-state index in [1.54, 1.807) is 18.7 Å². The normalized spacial score (nSPS) is 22.6. The van der Waals surface area contributed by atoms with Crippen molar-refractivity contribution in [2.24, 2.45) is 4.99 Å². The fourth-order valence-corrected chi connectivity index (χ4v) is 4.28. The van der Waals surface area contributed by atoms with Crippen LogP contribution in [0.4, 0.5) is 0 Å². The Morgan fingerprint density at radius 2 is 1.96 bits per heavy atom. The highest BCUT2D eigenvalue weighted by Crippen LogP contribution is 2.43. The number of aliphatic imine (C=N–C) groups is 1. The van der Waals surface area contributed by atoms with Crippen molar-refractivity contribution >= 4 is 28.8 Å². The van der Waals surface area contributed by atoms with Crippen LogP contribution < -0.4 is 0 Å². The van der Waals surface area contributed by atoms with Crippen molar-refractivity contribution in [1.82, 2.24) is 4.90 Å². The van der Waals surface area contributed by atoms with Crippen LogP contribution in [0.5, 0.6) is 0 Å². The zero-order chi connectivity index (χ0) is 19.0. The Hall–Kier alpha value is -2.08. The van der Waals surface area contributed by atoms with Gasteiger partial charge in [-0.15, -0.1) is 0 Å². The number of amides is 1. The molecule has 26 heavy (non-hydrogen) atoms. The maximum atomic E-state index is 12.8. The van der Waals surface area contributed by atoms with Crippen LogP contribution in [0.2, 0.25) is 0 Å². The van der Waals surface area contributed by atoms with Gasteiger partial charge in [-0.3, -0.25) is 9.69 Å². The van der Waals surface area contributed by atoms with Crippen LogP contribution in [0.1, 0.15) is 57.7 Å². The second-order valence-corrected chi connectivity index (χ2v) is 8.11. The highest BCUT2D eigenvalue weighted by atomic mass is 32.2. The zero-order valence-electron chi connectivity index (χ0n) is 15.8. The van der Waals surface area contributed by atoms with Crippen molar-refractivity contribution in [1.29, 1.82) is 0 Å². The first-order valence-electron chi connectivity index (χ1n) is 8.91. The summed E-state index contributed by atoms with van der Waals surface area (Å²) in [7, 11) is 0. The SMILES string of the molecule is CCOC(=O)C1=C(C)N=C2S[C@H](C)C(=O)N2[C@H]1c1ccc(C(C)C)cc1. The minimum absolute atomic E-state index is 0.0269. The third-order valence-electron chi connectivity index (χ3n) is 4.67. The summed E-state index contributed by atoms with van der Waals surface area (Å²) in [6.07, 6.45) is 0. The molecule has 138 valence electrons. The van der Waals surface area contributed by atoms with E-state index in [0.29, 0.717) is 22.4 Å². The van der Waals surface area contributed by atoms with Gasteiger partial charge in [-0.1, -0.05) is 49.9 Å². The quantitative estimate of drug-likeness (QED) is 0.749. The topological polar surface area (TPSA) is 59.0 Å². The van der Waals surface area contributed by atoms with Gasteiger partial charge in [-0.2, -0.15) is 0 Å². The monoisotopic (exact) mass is 372 g/mol. The average Bonchev–Trinajstić information content (AvgIpc) is 2.87. The molecule has 1 amide bonds. The highest BCUT2D eigenvalue weighted by molar-refractivity contribution is 8.15. The second-order valence-electron chi connectivity index (χ2n) is 6.81. The van der Waals surface area contributed by atoms with Crippen molar-refractivity contribution in [3.05, 3.63) is 46.7 Å². The van der Waals surface area contributed by atoms with E-state index in [4.69, 9.17) is 4.74 Å². The first-order chi connectivity index (χ1) is 12.3. The molecule has 0 unspecified atom stereocenters. The fourth-order valence-electron chi connectivity index (χ4n) is 3.25. The predicted molar refractivity (Wildman–Crippen MR) is 104 cm³/mol. The third kappa shape index (κ3) is 3.18. The summed E-state index contributed by atoms with van der Waals surface area (Å²) in [5, 5.41) is 0.450. The molecular formula is C20H24N2O3S. The van der Waals surface area contributed by atoms with Gasteiger partial charge in [0, 0.05) is 0 Å². The molecule has 1 aromatic carbocycles. The number of rotatable bonds is 4. The second kappa shape index (κ2) is 7.27. The number of thioether (sulfide) groups is 1. The molecule has 1 aromatic rings. The van der Waals surface area contributed by atoms with E-state index >= 15 is 0 Å². The molecule has 5 nitrogen and oxygen atoms in total. The van der Waals surface area contributed by atoms with Gasteiger partial charge < -0.3 is 4.74 Å². The van der Waals surface area contributed by atoms with E-state index in [1.807, 2.05) is 19.1 Å². The number of fused-ring (bicyclic) bond motifs is 1. The Kier molecular flexibility index (Phi) is 5.23. The smallest absolute Gasteiger partial charge is 0.338 e. The van der Waals surface area contributed by atoms with Gasteiger partial charge in [0.25, 0.3) is 0 Å². The van der Waals surface area contributed by atoms with E-state index in [-0.39, 0.29) is 17.8 Å². The number of carbonyl (C=O) groups excluding carboxylic acids is 2. The molecule has 2 atom stereocenters. The molecule has 0 N–H and O–H groups in total. The molecule has 0 saturated carbocycles. The van der Waals surface area contributed by atoms with Crippen LogP contribution in [0.15, 0.2) is 40.5 Å². The van der Waals surface area contributed by atoms with Gasteiger partial charge in [-0.05, 0) is 37.8 Å². The highest BCUT2D eigenvalue weighted by Gasteiger charge is 2.46. The van der Waals surface area contributed by atoms with Crippen LogP contribution in [-0.4, -0.2) is 33.8 Å². The summed E-state index contributed by atoms with van der Waals surface area (Å²) in [6.45, 7) is 10.0. The van der Waals surface area contributed by atoms with Gasteiger partial charge in [0.2, 0.25) is 5.91 Å². The van der Waals surface area contributed by atoms with Gasteiger partial charge in [-0.25, -0.2) is 9.79 Å². The molecule has 1 saturated heterocycles. The molecule has 0 aromatic heterocycles. The van der Waals surface area contributed by atoms with Crippen molar-refractivity contribution in [2.45, 2.75) is 51.8 Å². The van der Waals surface area contributed by atoms with Crippen LogP contribution in [-0.2, 0) is 14.3 Å². The lowest BCUT2D eigenvalue weighted by molar-refractivity contribution is -0.139. The summed E-state index contributed by atoms with van der Waals surface area (Å²) in [6, 6.07) is 7.61. The van der Waals surface area contributed by atoms with E-state index in [9.17, 15) is 9.59 Å². The standard InChI is InChI=1S/C20H24N2O3S/c1-6-25-19(24)16-12(4)21-20-22(18(23)13(5)26-20)17(16)15-9-7-14(8-10-15)11(2)3/h7-11,13,17H,6H2,1-5H3/t13-,17+/m1/s1. The molecule has 0 bridgehead atoms. The van der Waals surface area contributed by atoms with Crippen LogP contribution in [0.3, 0.4) is 0 Å². The van der Waals surface area contributed by atoms with Crippen molar-refractivity contribution in [3.8, 4) is 0 Å². The van der Waals surface area contributed by atoms with Gasteiger partial charge in [0.15, 0.2) is 5.17 Å². The fraction of sp³-hybridized carbons (Fsp3) is 0.450. The largest absolute Gasteiger partial charge is 0.463 e. The van der Waals surface area contributed by atoms with E-state index in [1.165, 1.54) is 17.3 Å². The minimum atomic E-state index is -0.493. The molecule has 1 fully saturated rings. The van der Waals surface area contributed by atoms with E-state index in [2.05, 4.69) is 31.0 Å². The lowest BCUT2D eigenvalue weighted by atomic mass is 9.92. The van der Waals surface area contributed by atoms with Gasteiger partial charge in [0.05, 0.1) is 29.2 Å². The molecule has 0 radical (unpaired) electrons. The molecule has 0 aliphatic carbocycles. The summed E-state index contributed by atoms with van der Waals surface area (Å²) in [5.74, 6) is -0.0256. The Bertz CT molecular complexity index is 796. The van der Waals surface area contributed by atoms with Gasteiger partial charge in [0.1, 0.15) is 0 Å². The predicted octanol–water partition coefficient (Wildman–Crippen LogP) is 4.02. The summed E-state index contributed by atoms with van der Waals surface area (Å²) in [4.78, 5) is 31.6. The summed E-state index contributed by atoms with van der Waals surface area (Å²) < 4.78 is 5.27. The minimum Gasteiger partial charge on any atom is -0.463 e. The number of allylic oxidation sites excluding steroid dienone is 1. The molecule has 0 spiro atoms. The zero-order valence-corrected chi connectivity index (χ0v) is 16.6. The van der Waals surface area contributed by atoms with E-state index < -0.39 is 12.0 Å². The Balaban J connectivity index is 2.11. The average molecular weight is 372 g/mol.